The Morgan fingerprint density at radius 1 is 1.19 bits per heavy atom. The molecule has 1 aliphatic heterocycles. The van der Waals surface area contributed by atoms with Gasteiger partial charge in [-0.1, -0.05) is 0 Å². The maximum Gasteiger partial charge on any atom is 0.371 e. The second kappa shape index (κ2) is 7.30. The number of carbonyl (C=O) groups excluding carboxylic acids is 2. The van der Waals surface area contributed by atoms with E-state index in [1.165, 1.54) is 19.2 Å². The third-order valence-electron chi connectivity index (χ3n) is 4.09. The number of nitrogens with zero attached hydrogens (tertiary/aromatic N) is 1. The second-order valence-electron chi connectivity index (χ2n) is 5.81. The van der Waals surface area contributed by atoms with Gasteiger partial charge < -0.3 is 24.5 Å². The summed E-state index contributed by atoms with van der Waals surface area (Å²) < 4.78 is 10.3. The highest BCUT2D eigenvalue weighted by Crippen LogP contribution is 2.33. The predicted octanol–water partition coefficient (Wildman–Crippen LogP) is 2.76. The average Bonchev–Trinajstić information content (AvgIpc) is 3.13. The number of methoxy groups -OCH3 is 1. The van der Waals surface area contributed by atoms with Crippen LogP contribution in [0.5, 0.6) is 5.75 Å². The Labute approximate surface area is 149 Å². The number of aromatic carboxylic acids is 1. The average molecular weight is 358 g/mol. The summed E-state index contributed by atoms with van der Waals surface area (Å²) in [6, 6.07) is 7.45. The molecule has 1 fully saturated rings. The van der Waals surface area contributed by atoms with E-state index in [0.29, 0.717) is 30.1 Å². The number of ether oxygens (including phenoxy) is 1. The summed E-state index contributed by atoms with van der Waals surface area (Å²) >= 11 is 0. The summed E-state index contributed by atoms with van der Waals surface area (Å²) in [6.07, 6.45) is 2.23. The van der Waals surface area contributed by atoms with Crippen LogP contribution in [-0.4, -0.2) is 36.5 Å². The highest BCUT2D eigenvalue weighted by Gasteiger charge is 2.23. The second-order valence-corrected chi connectivity index (χ2v) is 5.81. The van der Waals surface area contributed by atoms with Crippen molar-refractivity contribution in [3.05, 3.63) is 41.9 Å². The van der Waals surface area contributed by atoms with E-state index in [-0.39, 0.29) is 17.4 Å². The Morgan fingerprint density at radius 3 is 2.62 bits per heavy atom. The van der Waals surface area contributed by atoms with Crippen molar-refractivity contribution in [2.24, 2.45) is 0 Å². The number of benzene rings is 1. The molecule has 136 valence electrons. The van der Waals surface area contributed by atoms with Crippen molar-refractivity contribution in [2.75, 3.05) is 23.9 Å². The fourth-order valence-corrected chi connectivity index (χ4v) is 2.81. The zero-order valence-electron chi connectivity index (χ0n) is 14.2. The monoisotopic (exact) mass is 358 g/mol. The molecule has 0 unspecified atom stereocenters. The molecule has 1 aromatic heterocycles. The third-order valence-corrected chi connectivity index (χ3v) is 4.09. The molecular weight excluding hydrogens is 340 g/mol. The first kappa shape index (κ1) is 17.5. The van der Waals surface area contributed by atoms with Gasteiger partial charge in [0.15, 0.2) is 5.76 Å². The Morgan fingerprint density at radius 2 is 1.96 bits per heavy atom. The Hall–Kier alpha value is -3.29. The molecule has 0 saturated carbocycles. The van der Waals surface area contributed by atoms with Gasteiger partial charge in [-0.05, 0) is 43.2 Å². The first-order valence-corrected chi connectivity index (χ1v) is 8.12. The molecule has 2 amide bonds. The molecule has 8 heteroatoms. The van der Waals surface area contributed by atoms with E-state index in [9.17, 15) is 14.4 Å². The van der Waals surface area contributed by atoms with Crippen LogP contribution in [0.25, 0.3) is 0 Å². The van der Waals surface area contributed by atoms with E-state index < -0.39 is 11.9 Å². The quantitative estimate of drug-likeness (QED) is 0.851. The van der Waals surface area contributed by atoms with Crippen molar-refractivity contribution >= 4 is 29.2 Å². The molecule has 0 aliphatic carbocycles. The number of rotatable bonds is 5. The molecular formula is C18H18N2O6. The highest BCUT2D eigenvalue weighted by molar-refractivity contribution is 6.04. The highest BCUT2D eigenvalue weighted by atomic mass is 16.5. The van der Waals surface area contributed by atoms with Crippen molar-refractivity contribution in [3.63, 3.8) is 0 Å². The number of nitrogens with one attached hydrogen (secondary N) is 1. The molecule has 1 aromatic carbocycles. The molecule has 0 spiro atoms. The number of hydrogen-bond acceptors (Lipinski definition) is 5. The molecule has 2 aromatic rings. The zero-order chi connectivity index (χ0) is 18.7. The van der Waals surface area contributed by atoms with Gasteiger partial charge in [-0.3, -0.25) is 9.59 Å². The van der Waals surface area contributed by atoms with Gasteiger partial charge in [0.1, 0.15) is 5.75 Å². The van der Waals surface area contributed by atoms with Crippen molar-refractivity contribution < 1.29 is 28.6 Å². The van der Waals surface area contributed by atoms with Gasteiger partial charge in [-0.2, -0.15) is 0 Å². The van der Waals surface area contributed by atoms with Gasteiger partial charge in [0.25, 0.3) is 5.91 Å². The number of anilines is 2. The van der Waals surface area contributed by atoms with Gasteiger partial charge >= 0.3 is 5.97 Å². The maximum atomic E-state index is 12.2. The van der Waals surface area contributed by atoms with Crippen molar-refractivity contribution in [1.29, 1.82) is 0 Å². The van der Waals surface area contributed by atoms with Gasteiger partial charge in [0.05, 0.1) is 12.8 Å². The SMILES string of the molecule is COc1ccc(NC(=O)c2ccc(C(=O)O)o2)cc1N1CCCCC1=O. The van der Waals surface area contributed by atoms with Crippen LogP contribution in [-0.2, 0) is 4.79 Å². The summed E-state index contributed by atoms with van der Waals surface area (Å²) in [5.74, 6) is -1.73. The zero-order valence-corrected chi connectivity index (χ0v) is 14.2. The van der Waals surface area contributed by atoms with E-state index in [4.69, 9.17) is 14.3 Å². The molecule has 8 nitrogen and oxygen atoms in total. The largest absolute Gasteiger partial charge is 0.495 e. The van der Waals surface area contributed by atoms with Gasteiger partial charge in [-0.15, -0.1) is 0 Å². The molecule has 1 saturated heterocycles. The minimum absolute atomic E-state index is 0.00941. The topological polar surface area (TPSA) is 109 Å². The molecule has 0 atom stereocenters. The van der Waals surface area contributed by atoms with Gasteiger partial charge in [0.2, 0.25) is 11.7 Å². The van der Waals surface area contributed by atoms with Crippen LogP contribution in [0, 0.1) is 0 Å². The Balaban J connectivity index is 1.83. The minimum atomic E-state index is -1.25. The molecule has 26 heavy (non-hydrogen) atoms. The standard InChI is InChI=1S/C18H18N2O6/c1-25-13-6-5-11(10-12(13)20-9-3-2-4-16(20)21)19-17(22)14-7-8-15(26-14)18(23)24/h5-8,10H,2-4,9H2,1H3,(H,19,22)(H,23,24). The van der Waals surface area contributed by atoms with E-state index in [2.05, 4.69) is 5.32 Å². The minimum Gasteiger partial charge on any atom is -0.495 e. The normalized spacial score (nSPS) is 14.2. The summed E-state index contributed by atoms with van der Waals surface area (Å²) in [5.41, 5.74) is 1.03. The summed E-state index contributed by atoms with van der Waals surface area (Å²) in [7, 11) is 1.52. The fourth-order valence-electron chi connectivity index (χ4n) is 2.81. The van der Waals surface area contributed by atoms with E-state index in [0.717, 1.165) is 12.8 Å². The van der Waals surface area contributed by atoms with E-state index in [1.54, 1.807) is 23.1 Å². The summed E-state index contributed by atoms with van der Waals surface area (Å²) in [5, 5.41) is 11.5. The van der Waals surface area contributed by atoms with Crippen molar-refractivity contribution in [1.82, 2.24) is 0 Å². The molecule has 2 heterocycles. The van der Waals surface area contributed by atoms with Crippen LogP contribution in [0.1, 0.15) is 40.4 Å². The van der Waals surface area contributed by atoms with Crippen molar-refractivity contribution in [2.45, 2.75) is 19.3 Å². The first-order chi connectivity index (χ1) is 12.5. The smallest absolute Gasteiger partial charge is 0.371 e. The lowest BCUT2D eigenvalue weighted by molar-refractivity contribution is -0.119. The van der Waals surface area contributed by atoms with E-state index >= 15 is 0 Å². The third kappa shape index (κ3) is 3.53. The number of carbonyl (C=O) groups is 3. The van der Waals surface area contributed by atoms with E-state index in [1.807, 2.05) is 0 Å². The summed E-state index contributed by atoms with van der Waals surface area (Å²) in [4.78, 5) is 36.9. The molecule has 1 aliphatic rings. The number of furan rings is 1. The number of carboxylic acid groups (broad SMARTS) is 1. The Kier molecular flexibility index (Phi) is 4.92. The predicted molar refractivity (Wildman–Crippen MR) is 92.8 cm³/mol. The van der Waals surface area contributed by atoms with Crippen LogP contribution in [0.3, 0.4) is 0 Å². The molecule has 0 radical (unpaired) electrons. The van der Waals surface area contributed by atoms with Crippen LogP contribution in [0.4, 0.5) is 11.4 Å². The number of piperidine rings is 1. The van der Waals surface area contributed by atoms with Crippen LogP contribution in [0.2, 0.25) is 0 Å². The molecule has 3 rings (SSSR count). The van der Waals surface area contributed by atoms with Crippen LogP contribution < -0.4 is 15.0 Å². The number of carboxylic acids is 1. The first-order valence-electron chi connectivity index (χ1n) is 8.12. The van der Waals surface area contributed by atoms with Crippen LogP contribution in [0.15, 0.2) is 34.7 Å². The number of hydrogen-bond donors (Lipinski definition) is 2. The lowest BCUT2D eigenvalue weighted by Gasteiger charge is -2.28. The maximum absolute atomic E-state index is 12.2. The van der Waals surface area contributed by atoms with Crippen LogP contribution >= 0.6 is 0 Å². The molecule has 0 bridgehead atoms. The fraction of sp³-hybridized carbons (Fsp3) is 0.278. The number of amides is 2. The van der Waals surface area contributed by atoms with Crippen molar-refractivity contribution in [3.8, 4) is 5.75 Å². The molecule has 2 N–H and O–H groups in total. The summed E-state index contributed by atoms with van der Waals surface area (Å²) in [6.45, 7) is 0.590. The van der Waals surface area contributed by atoms with Gasteiger partial charge in [0, 0.05) is 18.7 Å². The Bertz CT molecular complexity index is 857. The van der Waals surface area contributed by atoms with Gasteiger partial charge in [-0.25, -0.2) is 4.79 Å². The lowest BCUT2D eigenvalue weighted by atomic mass is 10.1. The lowest BCUT2D eigenvalue weighted by Crippen LogP contribution is -2.35.